The fraction of sp³-hybridized carbons (Fsp3) is 0. The minimum atomic E-state index is -3.97. The summed E-state index contributed by atoms with van der Waals surface area (Å²) >= 11 is 4.33. The minimum absolute atomic E-state index is 0.0967. The Morgan fingerprint density at radius 3 is 2.36 bits per heavy atom. The second-order valence-electron chi connectivity index (χ2n) is 5.59. The maximum atomic E-state index is 12.7. The molecule has 0 radical (unpaired) electrons. The predicted octanol–water partition coefficient (Wildman–Crippen LogP) is 5.10. The van der Waals surface area contributed by atoms with E-state index in [2.05, 4.69) is 9.71 Å². The third-order valence-corrected chi connectivity index (χ3v) is 8.10. The maximum absolute atomic E-state index is 12.7. The lowest BCUT2D eigenvalue weighted by Crippen LogP contribution is -2.13. The van der Waals surface area contributed by atoms with Gasteiger partial charge < -0.3 is 5.11 Å². The summed E-state index contributed by atoms with van der Waals surface area (Å²) in [4.78, 5) is 18.3. The fourth-order valence-corrected chi connectivity index (χ4v) is 6.39. The number of carboxylic acid groups (broad SMARTS) is 1. The molecule has 4 rings (SSSR count). The number of benzene rings is 1. The summed E-state index contributed by atoms with van der Waals surface area (Å²) in [6.07, 6.45) is 0. The van der Waals surface area contributed by atoms with Crippen molar-refractivity contribution in [3.8, 4) is 20.3 Å². The van der Waals surface area contributed by atoms with Gasteiger partial charge in [0.2, 0.25) is 0 Å². The van der Waals surface area contributed by atoms with Gasteiger partial charge >= 0.3 is 5.97 Å². The molecule has 0 amide bonds. The van der Waals surface area contributed by atoms with Crippen LogP contribution >= 0.6 is 34.0 Å². The largest absolute Gasteiger partial charge is 0.478 e. The Balaban J connectivity index is 1.73. The predicted molar refractivity (Wildman–Crippen MR) is 113 cm³/mol. The van der Waals surface area contributed by atoms with Gasteiger partial charge in [-0.1, -0.05) is 29.5 Å². The number of carboxylic acids is 1. The van der Waals surface area contributed by atoms with Gasteiger partial charge in [-0.3, -0.25) is 4.72 Å². The van der Waals surface area contributed by atoms with Crippen molar-refractivity contribution < 1.29 is 18.3 Å². The molecular formula is C18H12N2O4S4. The first-order chi connectivity index (χ1) is 13.4. The van der Waals surface area contributed by atoms with E-state index in [0.717, 1.165) is 26.4 Å². The van der Waals surface area contributed by atoms with E-state index >= 15 is 0 Å². The van der Waals surface area contributed by atoms with Crippen molar-refractivity contribution in [1.82, 2.24) is 4.98 Å². The summed E-state index contributed by atoms with van der Waals surface area (Å²) in [5.74, 6) is -1.19. The van der Waals surface area contributed by atoms with Gasteiger partial charge in [0.15, 0.2) is 5.13 Å². The molecule has 0 unspecified atom stereocenters. The lowest BCUT2D eigenvalue weighted by atomic mass is 10.2. The lowest BCUT2D eigenvalue weighted by molar-refractivity contribution is 0.0696. The first kappa shape index (κ1) is 18.8. The number of thiophene rings is 2. The number of anilines is 1. The highest BCUT2D eigenvalue weighted by atomic mass is 32.2. The number of sulfonamides is 1. The summed E-state index contributed by atoms with van der Waals surface area (Å²) < 4.78 is 28.0. The van der Waals surface area contributed by atoms with E-state index in [1.165, 1.54) is 40.9 Å². The van der Waals surface area contributed by atoms with Gasteiger partial charge in [0.25, 0.3) is 10.0 Å². The third kappa shape index (κ3) is 3.72. The van der Waals surface area contributed by atoms with Crippen LogP contribution in [0.5, 0.6) is 0 Å². The van der Waals surface area contributed by atoms with E-state index in [1.807, 2.05) is 35.0 Å². The van der Waals surface area contributed by atoms with Crippen LogP contribution in [0.3, 0.4) is 0 Å². The van der Waals surface area contributed by atoms with E-state index in [1.54, 1.807) is 11.3 Å². The zero-order chi connectivity index (χ0) is 19.7. The Morgan fingerprint density at radius 2 is 1.71 bits per heavy atom. The van der Waals surface area contributed by atoms with Crippen molar-refractivity contribution >= 4 is 55.1 Å². The molecule has 28 heavy (non-hydrogen) atoms. The molecule has 0 saturated carbocycles. The highest BCUT2D eigenvalue weighted by Crippen LogP contribution is 2.42. The van der Waals surface area contributed by atoms with Gasteiger partial charge in [-0.2, -0.15) is 0 Å². The minimum Gasteiger partial charge on any atom is -0.478 e. The van der Waals surface area contributed by atoms with Crippen LogP contribution < -0.4 is 4.72 Å². The normalized spacial score (nSPS) is 11.4. The van der Waals surface area contributed by atoms with Crippen molar-refractivity contribution in [3.63, 3.8) is 0 Å². The second-order valence-corrected chi connectivity index (χ2v) is 10.2. The van der Waals surface area contributed by atoms with Crippen LogP contribution in [0.25, 0.3) is 20.3 Å². The molecule has 2 N–H and O–H groups in total. The SMILES string of the molecule is O=C(O)c1cccc(S(=O)(=O)Nc2nc(-c3cccs3)c(-c3cccs3)s2)c1. The van der Waals surface area contributed by atoms with E-state index < -0.39 is 16.0 Å². The average molecular weight is 449 g/mol. The molecule has 0 fully saturated rings. The Morgan fingerprint density at radius 1 is 1.00 bits per heavy atom. The van der Waals surface area contributed by atoms with Crippen LogP contribution in [0, 0.1) is 0 Å². The van der Waals surface area contributed by atoms with Crippen LogP contribution in [-0.2, 0) is 10.0 Å². The summed E-state index contributed by atoms with van der Waals surface area (Å²) in [6, 6.07) is 13.0. The van der Waals surface area contributed by atoms with Crippen molar-refractivity contribution in [1.29, 1.82) is 0 Å². The summed E-state index contributed by atoms with van der Waals surface area (Å²) in [6.45, 7) is 0. The van der Waals surface area contributed by atoms with Crippen molar-refractivity contribution in [3.05, 3.63) is 64.9 Å². The molecule has 0 saturated heterocycles. The first-order valence-electron chi connectivity index (χ1n) is 7.89. The molecule has 3 aromatic heterocycles. The van der Waals surface area contributed by atoms with Gasteiger partial charge in [0, 0.05) is 4.88 Å². The number of nitrogens with one attached hydrogen (secondary N) is 1. The van der Waals surface area contributed by atoms with Crippen LogP contribution in [0.4, 0.5) is 5.13 Å². The van der Waals surface area contributed by atoms with Crippen molar-refractivity contribution in [2.24, 2.45) is 0 Å². The standard InChI is InChI=1S/C18H12N2O4S4/c21-17(22)11-4-1-5-12(10-11)28(23,24)20-18-19-15(13-6-2-8-25-13)16(27-18)14-7-3-9-26-14/h1-10H,(H,19,20)(H,21,22). The van der Waals surface area contributed by atoms with Crippen LogP contribution in [0.2, 0.25) is 0 Å². The van der Waals surface area contributed by atoms with Gasteiger partial charge in [-0.15, -0.1) is 22.7 Å². The highest BCUT2D eigenvalue weighted by Gasteiger charge is 2.22. The number of hydrogen-bond acceptors (Lipinski definition) is 7. The molecule has 3 heterocycles. The molecule has 1 aromatic carbocycles. The number of thiazole rings is 1. The summed E-state index contributed by atoms with van der Waals surface area (Å²) in [5, 5.41) is 13.2. The molecule has 10 heteroatoms. The Labute approximate surface area is 172 Å². The van der Waals surface area contributed by atoms with Gasteiger partial charge in [-0.25, -0.2) is 18.2 Å². The number of nitrogens with zero attached hydrogens (tertiary/aromatic N) is 1. The van der Waals surface area contributed by atoms with E-state index in [4.69, 9.17) is 5.11 Å². The Hall–Kier alpha value is -2.53. The number of hydrogen-bond donors (Lipinski definition) is 2. The summed E-state index contributed by atoms with van der Waals surface area (Å²) in [7, 11) is -3.97. The quantitative estimate of drug-likeness (QED) is 0.428. The van der Waals surface area contributed by atoms with Crippen molar-refractivity contribution in [2.45, 2.75) is 4.90 Å². The van der Waals surface area contributed by atoms with E-state index in [9.17, 15) is 13.2 Å². The maximum Gasteiger partial charge on any atom is 0.335 e. The van der Waals surface area contributed by atoms with Gasteiger partial charge in [-0.05, 0) is 41.1 Å². The zero-order valence-electron chi connectivity index (χ0n) is 14.0. The number of aromatic carboxylic acids is 1. The topological polar surface area (TPSA) is 96.4 Å². The third-order valence-electron chi connectivity index (χ3n) is 3.74. The molecule has 142 valence electrons. The first-order valence-corrected chi connectivity index (χ1v) is 11.9. The monoisotopic (exact) mass is 448 g/mol. The molecule has 0 aliphatic rings. The van der Waals surface area contributed by atoms with Crippen LogP contribution in [0.1, 0.15) is 10.4 Å². The molecule has 6 nitrogen and oxygen atoms in total. The molecule has 0 bridgehead atoms. The molecular weight excluding hydrogens is 436 g/mol. The van der Waals surface area contributed by atoms with Crippen molar-refractivity contribution in [2.75, 3.05) is 4.72 Å². The Bertz CT molecular complexity index is 1170. The lowest BCUT2D eigenvalue weighted by Gasteiger charge is -2.05. The van der Waals surface area contributed by atoms with Crippen LogP contribution in [-0.4, -0.2) is 24.5 Å². The van der Waals surface area contributed by atoms with Crippen LogP contribution in [0.15, 0.2) is 64.2 Å². The van der Waals surface area contributed by atoms with E-state index in [0.29, 0.717) is 0 Å². The second kappa shape index (κ2) is 7.47. The average Bonchev–Trinajstić information content (AvgIpc) is 3.42. The molecule has 0 spiro atoms. The van der Waals surface area contributed by atoms with Gasteiger partial charge in [0.1, 0.15) is 5.69 Å². The highest BCUT2D eigenvalue weighted by molar-refractivity contribution is 7.93. The Kier molecular flexibility index (Phi) is 5.02. The fourth-order valence-electron chi connectivity index (χ4n) is 2.49. The molecule has 0 aliphatic carbocycles. The number of carbonyl (C=O) groups is 1. The molecule has 0 aliphatic heterocycles. The smallest absolute Gasteiger partial charge is 0.335 e. The molecule has 4 aromatic rings. The van der Waals surface area contributed by atoms with E-state index in [-0.39, 0.29) is 15.6 Å². The van der Waals surface area contributed by atoms with Gasteiger partial charge in [0.05, 0.1) is 20.2 Å². The number of aromatic nitrogens is 1. The summed E-state index contributed by atoms with van der Waals surface area (Å²) in [5.41, 5.74) is 0.625. The molecule has 0 atom stereocenters. The zero-order valence-corrected chi connectivity index (χ0v) is 17.3. The number of rotatable bonds is 6.